The van der Waals surface area contributed by atoms with Gasteiger partial charge in [-0.25, -0.2) is 18.4 Å². The smallest absolute Gasteiger partial charge is 0.321 e. The van der Waals surface area contributed by atoms with Gasteiger partial charge in [0, 0.05) is 18.8 Å². The fourth-order valence-corrected chi connectivity index (χ4v) is 3.98. The fourth-order valence-electron chi connectivity index (χ4n) is 3.46. The van der Waals surface area contributed by atoms with E-state index in [1.165, 1.54) is 12.1 Å². The SMILES string of the molecule is CC(NC(=O)C1CCCN(C(=O)Nc2ccccc2)C1)c1ccc(S(N)(=O)=O)cc1. The maximum atomic E-state index is 12.7. The first-order valence-corrected chi connectivity index (χ1v) is 11.3. The van der Waals surface area contributed by atoms with Crippen molar-refractivity contribution in [2.45, 2.75) is 30.7 Å². The number of sulfonamides is 1. The van der Waals surface area contributed by atoms with Crippen LogP contribution in [-0.2, 0) is 14.8 Å². The predicted molar refractivity (Wildman–Crippen MR) is 114 cm³/mol. The van der Waals surface area contributed by atoms with Crippen LogP contribution >= 0.6 is 0 Å². The molecule has 1 saturated heterocycles. The summed E-state index contributed by atoms with van der Waals surface area (Å²) in [5.41, 5.74) is 1.48. The molecule has 1 aliphatic heterocycles. The zero-order valence-corrected chi connectivity index (χ0v) is 17.6. The Morgan fingerprint density at radius 1 is 1.10 bits per heavy atom. The van der Waals surface area contributed by atoms with E-state index < -0.39 is 10.0 Å². The molecule has 0 radical (unpaired) electrons. The molecule has 1 fully saturated rings. The van der Waals surface area contributed by atoms with E-state index in [9.17, 15) is 18.0 Å². The molecule has 8 nitrogen and oxygen atoms in total. The van der Waals surface area contributed by atoms with Crippen LogP contribution in [0.2, 0.25) is 0 Å². The number of para-hydroxylation sites is 1. The number of nitrogens with zero attached hydrogens (tertiary/aromatic N) is 1. The number of carbonyl (C=O) groups is 2. The van der Waals surface area contributed by atoms with Crippen LogP contribution in [0.3, 0.4) is 0 Å². The number of likely N-dealkylation sites (tertiary alicyclic amines) is 1. The first-order valence-electron chi connectivity index (χ1n) is 9.78. The zero-order chi connectivity index (χ0) is 21.7. The number of amides is 3. The molecule has 2 aromatic carbocycles. The second-order valence-corrected chi connectivity index (χ2v) is 8.99. The molecule has 2 atom stereocenters. The molecule has 9 heteroatoms. The summed E-state index contributed by atoms with van der Waals surface area (Å²) in [6.07, 6.45) is 1.45. The highest BCUT2D eigenvalue weighted by Gasteiger charge is 2.29. The van der Waals surface area contributed by atoms with Gasteiger partial charge in [0.2, 0.25) is 15.9 Å². The van der Waals surface area contributed by atoms with Crippen molar-refractivity contribution in [2.24, 2.45) is 11.1 Å². The van der Waals surface area contributed by atoms with E-state index in [0.29, 0.717) is 25.2 Å². The number of piperidine rings is 1. The van der Waals surface area contributed by atoms with E-state index in [4.69, 9.17) is 5.14 Å². The van der Waals surface area contributed by atoms with Crippen molar-refractivity contribution in [3.8, 4) is 0 Å². The van der Waals surface area contributed by atoms with Gasteiger partial charge in [-0.15, -0.1) is 0 Å². The first-order chi connectivity index (χ1) is 14.2. The van der Waals surface area contributed by atoms with Crippen molar-refractivity contribution >= 4 is 27.6 Å². The van der Waals surface area contributed by atoms with Gasteiger partial charge in [0.25, 0.3) is 0 Å². The molecule has 3 amide bonds. The van der Waals surface area contributed by atoms with Gasteiger partial charge >= 0.3 is 6.03 Å². The lowest BCUT2D eigenvalue weighted by atomic mass is 9.96. The molecular weight excluding hydrogens is 404 g/mol. The lowest BCUT2D eigenvalue weighted by molar-refractivity contribution is -0.126. The molecular formula is C21H26N4O4S. The molecule has 3 rings (SSSR count). The molecule has 30 heavy (non-hydrogen) atoms. The summed E-state index contributed by atoms with van der Waals surface area (Å²) < 4.78 is 22.7. The van der Waals surface area contributed by atoms with Crippen molar-refractivity contribution in [3.05, 3.63) is 60.2 Å². The molecule has 4 N–H and O–H groups in total. The topological polar surface area (TPSA) is 122 Å². The third kappa shape index (κ3) is 5.58. The Balaban J connectivity index is 1.57. The molecule has 160 valence electrons. The number of primary sulfonamides is 1. The minimum Gasteiger partial charge on any atom is -0.349 e. The quantitative estimate of drug-likeness (QED) is 0.674. The highest BCUT2D eigenvalue weighted by Crippen LogP contribution is 2.21. The first kappa shape index (κ1) is 21.8. The average Bonchev–Trinajstić information content (AvgIpc) is 2.74. The second kappa shape index (κ2) is 9.27. The van der Waals surface area contributed by atoms with Crippen molar-refractivity contribution < 1.29 is 18.0 Å². The number of anilines is 1. The van der Waals surface area contributed by atoms with Gasteiger partial charge in [0.1, 0.15) is 0 Å². The molecule has 0 spiro atoms. The highest BCUT2D eigenvalue weighted by atomic mass is 32.2. The van der Waals surface area contributed by atoms with Gasteiger partial charge in [-0.1, -0.05) is 30.3 Å². The Morgan fingerprint density at radius 2 is 1.77 bits per heavy atom. The summed E-state index contributed by atoms with van der Waals surface area (Å²) in [5, 5.41) is 10.9. The predicted octanol–water partition coefficient (Wildman–Crippen LogP) is 2.46. The Hall–Kier alpha value is -2.91. The largest absolute Gasteiger partial charge is 0.349 e. The summed E-state index contributed by atoms with van der Waals surface area (Å²) in [7, 11) is -3.75. The third-order valence-corrected chi connectivity index (χ3v) is 6.10. The van der Waals surface area contributed by atoms with Crippen LogP contribution in [0.4, 0.5) is 10.5 Å². The van der Waals surface area contributed by atoms with E-state index in [1.807, 2.05) is 37.3 Å². The molecule has 1 heterocycles. The Bertz CT molecular complexity index is 993. The number of nitrogens with one attached hydrogen (secondary N) is 2. The van der Waals surface area contributed by atoms with Crippen molar-refractivity contribution in [2.75, 3.05) is 18.4 Å². The van der Waals surface area contributed by atoms with Gasteiger partial charge < -0.3 is 15.5 Å². The van der Waals surface area contributed by atoms with Gasteiger partial charge in [-0.05, 0) is 49.6 Å². The average molecular weight is 431 g/mol. The summed E-state index contributed by atoms with van der Waals surface area (Å²) in [5.74, 6) is -0.429. The van der Waals surface area contributed by atoms with E-state index >= 15 is 0 Å². The second-order valence-electron chi connectivity index (χ2n) is 7.43. The number of nitrogens with two attached hydrogens (primary N) is 1. The zero-order valence-electron chi connectivity index (χ0n) is 16.7. The van der Waals surface area contributed by atoms with E-state index in [1.54, 1.807) is 17.0 Å². The van der Waals surface area contributed by atoms with Crippen LogP contribution in [0, 0.1) is 5.92 Å². The summed E-state index contributed by atoms with van der Waals surface area (Å²) in [4.78, 5) is 26.9. The van der Waals surface area contributed by atoms with E-state index in [0.717, 1.165) is 12.0 Å². The van der Waals surface area contributed by atoms with Crippen LogP contribution in [-0.4, -0.2) is 38.3 Å². The van der Waals surface area contributed by atoms with Gasteiger partial charge in [0.15, 0.2) is 0 Å². The third-order valence-electron chi connectivity index (χ3n) is 5.17. The number of rotatable bonds is 5. The highest BCUT2D eigenvalue weighted by molar-refractivity contribution is 7.89. The lowest BCUT2D eigenvalue weighted by Crippen LogP contribution is -2.47. The summed E-state index contributed by atoms with van der Waals surface area (Å²) in [6.45, 7) is 2.78. The van der Waals surface area contributed by atoms with Crippen LogP contribution in [0.25, 0.3) is 0 Å². The Kier molecular flexibility index (Phi) is 6.73. The summed E-state index contributed by atoms with van der Waals surface area (Å²) >= 11 is 0. The number of hydrogen-bond acceptors (Lipinski definition) is 4. The molecule has 2 aromatic rings. The Labute approximate surface area is 176 Å². The standard InChI is InChI=1S/C21H26N4O4S/c1-15(16-9-11-19(12-10-16)30(22,28)29)23-20(26)17-6-5-13-25(14-17)21(27)24-18-7-3-2-4-8-18/h2-4,7-12,15,17H,5-6,13-14H2,1H3,(H,23,26)(H,24,27)(H2,22,28,29). The van der Waals surface area contributed by atoms with Crippen LogP contribution < -0.4 is 15.8 Å². The van der Waals surface area contributed by atoms with Crippen molar-refractivity contribution in [1.82, 2.24) is 10.2 Å². The van der Waals surface area contributed by atoms with Crippen LogP contribution in [0.1, 0.15) is 31.4 Å². The minimum absolute atomic E-state index is 0.0251. The molecule has 0 aliphatic carbocycles. The van der Waals surface area contributed by atoms with Gasteiger partial charge in [-0.2, -0.15) is 0 Å². The van der Waals surface area contributed by atoms with Crippen molar-refractivity contribution in [1.29, 1.82) is 0 Å². The summed E-state index contributed by atoms with van der Waals surface area (Å²) in [6, 6.07) is 14.8. The fraction of sp³-hybridized carbons (Fsp3) is 0.333. The molecule has 0 saturated carbocycles. The van der Waals surface area contributed by atoms with Crippen LogP contribution in [0.15, 0.2) is 59.5 Å². The number of benzene rings is 2. The molecule has 0 bridgehead atoms. The lowest BCUT2D eigenvalue weighted by Gasteiger charge is -2.32. The Morgan fingerprint density at radius 3 is 2.40 bits per heavy atom. The van der Waals surface area contributed by atoms with Gasteiger partial charge in [-0.3, -0.25) is 4.79 Å². The number of urea groups is 1. The minimum atomic E-state index is -3.75. The monoisotopic (exact) mass is 430 g/mol. The van der Waals surface area contributed by atoms with E-state index in [2.05, 4.69) is 10.6 Å². The van der Waals surface area contributed by atoms with E-state index in [-0.39, 0.29) is 28.8 Å². The molecule has 1 aliphatic rings. The van der Waals surface area contributed by atoms with Crippen molar-refractivity contribution in [3.63, 3.8) is 0 Å². The van der Waals surface area contributed by atoms with Crippen LogP contribution in [0.5, 0.6) is 0 Å². The number of hydrogen-bond donors (Lipinski definition) is 3. The maximum absolute atomic E-state index is 12.7. The maximum Gasteiger partial charge on any atom is 0.321 e. The molecule has 0 aromatic heterocycles. The molecule has 2 unspecified atom stereocenters. The normalized spacial score (nSPS) is 17.8. The number of carbonyl (C=O) groups excluding carboxylic acids is 2. The van der Waals surface area contributed by atoms with Gasteiger partial charge in [0.05, 0.1) is 16.9 Å².